The van der Waals surface area contributed by atoms with Gasteiger partial charge in [-0.3, -0.25) is 15.0 Å². The summed E-state index contributed by atoms with van der Waals surface area (Å²) >= 11 is 0. The lowest BCUT2D eigenvalue weighted by Crippen LogP contribution is -2.09. The first-order valence-electron chi connectivity index (χ1n) is 12.6. The van der Waals surface area contributed by atoms with Crippen molar-refractivity contribution in [1.82, 2.24) is 0 Å². The third-order valence-electron chi connectivity index (χ3n) is 5.98. The lowest BCUT2D eigenvalue weighted by atomic mass is 10.1. The van der Waals surface area contributed by atoms with Gasteiger partial charge < -0.3 is 18.2 Å². The summed E-state index contributed by atoms with van der Waals surface area (Å²) < 4.78 is 16.0. The molecule has 0 fully saturated rings. The highest BCUT2D eigenvalue weighted by Crippen LogP contribution is 2.37. The van der Waals surface area contributed by atoms with Crippen molar-refractivity contribution in [2.75, 3.05) is 4.90 Å². The minimum Gasteiger partial charge on any atom is -0.463 e. The van der Waals surface area contributed by atoms with Crippen LogP contribution in [0.4, 0.5) is 34.1 Å². The molecule has 0 unspecified atom stereocenters. The molecular weight excluding hydrogens is 500 g/mol. The number of furan rings is 3. The van der Waals surface area contributed by atoms with Crippen LogP contribution in [0.25, 0.3) is 0 Å². The highest BCUT2D eigenvalue weighted by molar-refractivity contribution is 5.82. The van der Waals surface area contributed by atoms with Gasteiger partial charge in [-0.05, 0) is 109 Å². The molecule has 40 heavy (non-hydrogen) atoms. The average molecular weight is 525 g/mol. The van der Waals surface area contributed by atoms with Crippen molar-refractivity contribution >= 4 is 52.8 Å². The number of benzene rings is 3. The lowest BCUT2D eigenvalue weighted by molar-refractivity contribution is 0.560. The zero-order valence-corrected chi connectivity index (χ0v) is 21.4. The largest absolute Gasteiger partial charge is 0.463 e. The minimum atomic E-state index is 0.704. The van der Waals surface area contributed by atoms with Gasteiger partial charge >= 0.3 is 0 Å². The smallest absolute Gasteiger partial charge is 0.144 e. The summed E-state index contributed by atoms with van der Waals surface area (Å²) in [5.41, 5.74) is 5.42. The van der Waals surface area contributed by atoms with Gasteiger partial charge in [0.2, 0.25) is 0 Å². The number of anilines is 3. The maximum absolute atomic E-state index is 5.34. The number of nitrogens with zero attached hydrogens (tertiary/aromatic N) is 4. The van der Waals surface area contributed by atoms with Crippen LogP contribution in [-0.2, 0) is 0 Å². The van der Waals surface area contributed by atoms with Crippen molar-refractivity contribution in [2.24, 2.45) is 15.0 Å². The van der Waals surface area contributed by atoms with Crippen LogP contribution < -0.4 is 4.90 Å². The van der Waals surface area contributed by atoms with E-state index in [9.17, 15) is 0 Å². The van der Waals surface area contributed by atoms with Crippen LogP contribution in [0.5, 0.6) is 0 Å². The van der Waals surface area contributed by atoms with Gasteiger partial charge in [0.25, 0.3) is 0 Å². The highest BCUT2D eigenvalue weighted by Gasteiger charge is 2.13. The molecule has 194 valence electrons. The molecule has 0 amide bonds. The van der Waals surface area contributed by atoms with Crippen LogP contribution in [0.3, 0.4) is 0 Å². The zero-order valence-electron chi connectivity index (χ0n) is 21.4. The maximum atomic E-state index is 5.34. The molecule has 3 heterocycles. The SMILES string of the molecule is C(=Nc1ccc(N(c2ccc(N=Cc3ccco3)cc2)c2ccc(N=Cc3ccco3)cc2)cc1)c1ccco1. The Morgan fingerprint density at radius 1 is 0.400 bits per heavy atom. The molecule has 0 bridgehead atoms. The molecule has 0 N–H and O–H groups in total. The standard InChI is InChI=1S/C33H24N4O3/c1-4-31(38-19-1)22-34-25-7-13-28(14-8-25)37(29-15-9-26(10-16-29)35-23-32-5-2-20-39-32)30-17-11-27(12-18-30)36-24-33-6-3-21-40-33/h1-24H. The van der Waals surface area contributed by atoms with E-state index in [2.05, 4.69) is 19.9 Å². The minimum absolute atomic E-state index is 0.704. The summed E-state index contributed by atoms with van der Waals surface area (Å²) in [5.74, 6) is 2.11. The van der Waals surface area contributed by atoms with Gasteiger partial charge in [0.05, 0.1) is 54.5 Å². The van der Waals surface area contributed by atoms with Crippen LogP contribution in [0.1, 0.15) is 17.3 Å². The molecule has 0 radical (unpaired) electrons. The van der Waals surface area contributed by atoms with Gasteiger partial charge in [0, 0.05) is 17.1 Å². The first-order chi connectivity index (χ1) is 19.8. The molecule has 0 saturated carbocycles. The van der Waals surface area contributed by atoms with Crippen LogP contribution in [0.15, 0.2) is 156 Å². The molecule has 7 nitrogen and oxygen atoms in total. The van der Waals surface area contributed by atoms with E-state index in [0.717, 1.165) is 34.1 Å². The van der Waals surface area contributed by atoms with Crippen molar-refractivity contribution in [3.8, 4) is 0 Å². The Hall–Kier alpha value is -5.69. The normalized spacial score (nSPS) is 11.7. The van der Waals surface area contributed by atoms with E-state index in [1.54, 1.807) is 37.4 Å². The second kappa shape index (κ2) is 11.8. The second-order valence-electron chi connectivity index (χ2n) is 8.71. The molecule has 0 saturated heterocycles. The fourth-order valence-electron chi connectivity index (χ4n) is 4.02. The van der Waals surface area contributed by atoms with Crippen molar-refractivity contribution in [3.05, 3.63) is 145 Å². The summed E-state index contributed by atoms with van der Waals surface area (Å²) in [6.07, 6.45) is 10.0. The molecule has 0 aliphatic carbocycles. The molecule has 6 aromatic rings. The Labute approximate surface area is 231 Å². The van der Waals surface area contributed by atoms with Crippen LogP contribution in [-0.4, -0.2) is 18.6 Å². The van der Waals surface area contributed by atoms with Gasteiger partial charge in [0.1, 0.15) is 17.3 Å². The van der Waals surface area contributed by atoms with E-state index in [-0.39, 0.29) is 0 Å². The maximum Gasteiger partial charge on any atom is 0.144 e. The summed E-state index contributed by atoms with van der Waals surface area (Å²) in [7, 11) is 0. The van der Waals surface area contributed by atoms with E-state index in [0.29, 0.717) is 17.3 Å². The third kappa shape index (κ3) is 6.06. The Kier molecular flexibility index (Phi) is 7.26. The van der Waals surface area contributed by atoms with E-state index in [1.807, 2.05) is 109 Å². The van der Waals surface area contributed by atoms with Crippen molar-refractivity contribution in [2.45, 2.75) is 0 Å². The summed E-state index contributed by atoms with van der Waals surface area (Å²) in [6, 6.07) is 35.2. The first kappa shape index (κ1) is 24.6. The van der Waals surface area contributed by atoms with E-state index in [1.165, 1.54) is 0 Å². The van der Waals surface area contributed by atoms with Gasteiger partial charge in [-0.1, -0.05) is 0 Å². The molecule has 0 aliphatic heterocycles. The summed E-state index contributed by atoms with van der Waals surface area (Å²) in [4.78, 5) is 15.7. The fraction of sp³-hybridized carbons (Fsp3) is 0. The fourth-order valence-corrected chi connectivity index (χ4v) is 4.02. The second-order valence-corrected chi connectivity index (χ2v) is 8.71. The summed E-state index contributed by atoms with van der Waals surface area (Å²) in [6.45, 7) is 0. The predicted molar refractivity (Wildman–Crippen MR) is 159 cm³/mol. The monoisotopic (exact) mass is 524 g/mol. The predicted octanol–water partition coefficient (Wildman–Crippen LogP) is 9.19. The molecule has 3 aromatic carbocycles. The molecule has 7 heteroatoms. The van der Waals surface area contributed by atoms with Gasteiger partial charge in [0.15, 0.2) is 0 Å². The number of aliphatic imine (C=N–C) groups is 3. The molecular formula is C33H24N4O3. The van der Waals surface area contributed by atoms with Crippen molar-refractivity contribution < 1.29 is 13.3 Å². The van der Waals surface area contributed by atoms with Crippen LogP contribution in [0, 0.1) is 0 Å². The summed E-state index contributed by atoms with van der Waals surface area (Å²) in [5, 5.41) is 0. The van der Waals surface area contributed by atoms with Crippen LogP contribution >= 0.6 is 0 Å². The Morgan fingerprint density at radius 2 is 0.700 bits per heavy atom. The zero-order chi connectivity index (χ0) is 27.0. The van der Waals surface area contributed by atoms with Crippen molar-refractivity contribution in [1.29, 1.82) is 0 Å². The van der Waals surface area contributed by atoms with Crippen molar-refractivity contribution in [3.63, 3.8) is 0 Å². The van der Waals surface area contributed by atoms with E-state index in [4.69, 9.17) is 13.3 Å². The topological polar surface area (TPSA) is 79.7 Å². The molecule has 3 aromatic heterocycles. The molecule has 0 aliphatic rings. The van der Waals surface area contributed by atoms with Gasteiger partial charge in [-0.2, -0.15) is 0 Å². The Morgan fingerprint density at radius 3 is 0.950 bits per heavy atom. The number of hydrogen-bond donors (Lipinski definition) is 0. The van der Waals surface area contributed by atoms with Gasteiger partial charge in [-0.15, -0.1) is 0 Å². The Bertz CT molecular complexity index is 1490. The molecule has 0 spiro atoms. The van der Waals surface area contributed by atoms with Gasteiger partial charge in [-0.25, -0.2) is 0 Å². The Balaban J connectivity index is 1.28. The average Bonchev–Trinajstić information content (AvgIpc) is 3.81. The van der Waals surface area contributed by atoms with E-state index < -0.39 is 0 Å². The first-order valence-corrected chi connectivity index (χ1v) is 12.6. The van der Waals surface area contributed by atoms with Crippen LogP contribution in [0.2, 0.25) is 0 Å². The molecule has 6 rings (SSSR count). The lowest BCUT2D eigenvalue weighted by Gasteiger charge is -2.25. The van der Waals surface area contributed by atoms with E-state index >= 15 is 0 Å². The number of hydrogen-bond acceptors (Lipinski definition) is 7. The quantitative estimate of drug-likeness (QED) is 0.177. The third-order valence-corrected chi connectivity index (χ3v) is 5.98. The molecule has 0 atom stereocenters. The highest BCUT2D eigenvalue weighted by atomic mass is 16.3. The number of rotatable bonds is 9.